The van der Waals surface area contributed by atoms with E-state index in [-0.39, 0.29) is 12.4 Å². The van der Waals surface area contributed by atoms with Crippen LogP contribution in [0.15, 0.2) is 6.20 Å². The van der Waals surface area contributed by atoms with Gasteiger partial charge in [0.05, 0.1) is 11.1 Å². The molecule has 15 heavy (non-hydrogen) atoms. The van der Waals surface area contributed by atoms with E-state index in [0.29, 0.717) is 12.0 Å². The summed E-state index contributed by atoms with van der Waals surface area (Å²) >= 11 is 6.22. The van der Waals surface area contributed by atoms with Gasteiger partial charge < -0.3 is 5.11 Å². The van der Waals surface area contributed by atoms with Gasteiger partial charge in [-0.3, -0.25) is 4.98 Å². The summed E-state index contributed by atoms with van der Waals surface area (Å²) in [6.45, 7) is 1.84. The number of pyridine rings is 1. The number of alkyl halides is 1. The van der Waals surface area contributed by atoms with Gasteiger partial charge in [0.2, 0.25) is 0 Å². The topological polar surface area (TPSA) is 33.1 Å². The standard InChI is InChI=1S/C11H13ClFNO/c1-7-9(2-5-15)14-6-8(13)10(7)11(12)3-4-11/h6,15H,2-5H2,1H3. The predicted octanol–water partition coefficient (Wildman–Crippen LogP) is 2.29. The molecule has 0 amide bonds. The van der Waals surface area contributed by atoms with E-state index >= 15 is 0 Å². The summed E-state index contributed by atoms with van der Waals surface area (Å²) in [5.74, 6) is -0.332. The molecule has 1 saturated carbocycles. The SMILES string of the molecule is Cc1c(CCO)ncc(F)c1C1(Cl)CC1. The fourth-order valence-corrected chi connectivity index (χ4v) is 2.21. The summed E-state index contributed by atoms with van der Waals surface area (Å²) in [5, 5.41) is 8.86. The molecule has 0 unspecified atom stereocenters. The van der Waals surface area contributed by atoms with Gasteiger partial charge in [0.15, 0.2) is 0 Å². The molecule has 0 bridgehead atoms. The van der Waals surface area contributed by atoms with Crippen LogP contribution in [-0.2, 0) is 11.3 Å². The average molecular weight is 230 g/mol. The number of hydrogen-bond acceptors (Lipinski definition) is 2. The molecule has 0 aliphatic heterocycles. The van der Waals surface area contributed by atoms with Gasteiger partial charge in [0.25, 0.3) is 0 Å². The molecule has 0 atom stereocenters. The summed E-state index contributed by atoms with van der Waals surface area (Å²) in [6, 6.07) is 0. The van der Waals surface area contributed by atoms with Crippen LogP contribution in [0.5, 0.6) is 0 Å². The Balaban J connectivity index is 2.47. The van der Waals surface area contributed by atoms with Gasteiger partial charge in [-0.05, 0) is 25.3 Å². The monoisotopic (exact) mass is 229 g/mol. The number of nitrogens with zero attached hydrogens (tertiary/aromatic N) is 1. The lowest BCUT2D eigenvalue weighted by molar-refractivity contribution is 0.297. The van der Waals surface area contributed by atoms with E-state index in [1.165, 1.54) is 6.20 Å². The lowest BCUT2D eigenvalue weighted by atomic mass is 10.0. The largest absolute Gasteiger partial charge is 0.396 e. The molecule has 0 radical (unpaired) electrons. The quantitative estimate of drug-likeness (QED) is 0.807. The number of hydrogen-bond donors (Lipinski definition) is 1. The van der Waals surface area contributed by atoms with Gasteiger partial charge >= 0.3 is 0 Å². The molecule has 0 aromatic carbocycles. The number of aromatic nitrogens is 1. The Kier molecular flexibility index (Phi) is 2.69. The van der Waals surface area contributed by atoms with Crippen molar-refractivity contribution in [2.24, 2.45) is 0 Å². The van der Waals surface area contributed by atoms with Crippen LogP contribution in [0.1, 0.15) is 29.7 Å². The van der Waals surface area contributed by atoms with Crippen molar-refractivity contribution in [2.45, 2.75) is 31.1 Å². The van der Waals surface area contributed by atoms with Crippen LogP contribution in [0, 0.1) is 12.7 Å². The predicted molar refractivity (Wildman–Crippen MR) is 56.5 cm³/mol. The summed E-state index contributed by atoms with van der Waals surface area (Å²) in [6.07, 6.45) is 3.28. The van der Waals surface area contributed by atoms with E-state index in [1.807, 2.05) is 6.92 Å². The second kappa shape index (κ2) is 3.72. The first kappa shape index (κ1) is 10.8. The second-order valence-corrected chi connectivity index (χ2v) is 4.72. The molecule has 4 heteroatoms. The Hall–Kier alpha value is -0.670. The lowest BCUT2D eigenvalue weighted by Crippen LogP contribution is -2.09. The number of halogens is 2. The summed E-state index contributed by atoms with van der Waals surface area (Å²) < 4.78 is 13.6. The van der Waals surface area contributed by atoms with Crippen LogP contribution in [-0.4, -0.2) is 16.7 Å². The molecule has 0 saturated heterocycles. The average Bonchev–Trinajstić information content (AvgIpc) is 2.90. The first-order chi connectivity index (χ1) is 7.08. The van der Waals surface area contributed by atoms with Gasteiger partial charge in [-0.2, -0.15) is 0 Å². The van der Waals surface area contributed by atoms with Crippen LogP contribution < -0.4 is 0 Å². The van der Waals surface area contributed by atoms with Crippen LogP contribution in [0.3, 0.4) is 0 Å². The molecule has 2 nitrogen and oxygen atoms in total. The zero-order valence-corrected chi connectivity index (χ0v) is 9.31. The van der Waals surface area contributed by atoms with E-state index in [9.17, 15) is 4.39 Å². The highest BCUT2D eigenvalue weighted by Gasteiger charge is 2.45. The molecule has 1 N–H and O–H groups in total. The zero-order chi connectivity index (χ0) is 11.1. The van der Waals surface area contributed by atoms with Crippen LogP contribution in [0.25, 0.3) is 0 Å². The minimum atomic E-state index is -0.513. The van der Waals surface area contributed by atoms with E-state index < -0.39 is 4.87 Å². The van der Waals surface area contributed by atoms with Gasteiger partial charge in [-0.25, -0.2) is 4.39 Å². The Morgan fingerprint density at radius 3 is 2.80 bits per heavy atom. The van der Waals surface area contributed by atoms with E-state index in [0.717, 1.165) is 24.1 Å². The highest BCUT2D eigenvalue weighted by Crippen LogP contribution is 2.53. The number of aliphatic hydroxyl groups is 1. The third kappa shape index (κ3) is 1.86. The van der Waals surface area contributed by atoms with Crippen molar-refractivity contribution in [3.05, 3.63) is 28.8 Å². The van der Waals surface area contributed by atoms with Crippen LogP contribution in [0.2, 0.25) is 0 Å². The molecule has 82 valence electrons. The minimum Gasteiger partial charge on any atom is -0.396 e. The maximum Gasteiger partial charge on any atom is 0.146 e. The minimum absolute atomic E-state index is 0.0220. The summed E-state index contributed by atoms with van der Waals surface area (Å²) in [4.78, 5) is 3.46. The third-order valence-electron chi connectivity index (χ3n) is 2.87. The normalized spacial score (nSPS) is 17.9. The molecular formula is C11H13ClFNO. The van der Waals surface area contributed by atoms with Crippen LogP contribution >= 0.6 is 11.6 Å². The Morgan fingerprint density at radius 2 is 2.27 bits per heavy atom. The summed E-state index contributed by atoms with van der Waals surface area (Å²) in [5.41, 5.74) is 2.10. The highest BCUT2D eigenvalue weighted by atomic mass is 35.5. The molecule has 1 fully saturated rings. The highest BCUT2D eigenvalue weighted by molar-refractivity contribution is 6.26. The molecular weight excluding hydrogens is 217 g/mol. The van der Waals surface area contributed by atoms with Crippen molar-refractivity contribution in [3.8, 4) is 0 Å². The lowest BCUT2D eigenvalue weighted by Gasteiger charge is -2.14. The smallest absolute Gasteiger partial charge is 0.146 e. The Morgan fingerprint density at radius 1 is 1.60 bits per heavy atom. The first-order valence-corrected chi connectivity index (χ1v) is 5.40. The fourth-order valence-electron chi connectivity index (χ4n) is 1.89. The van der Waals surface area contributed by atoms with Gasteiger partial charge in [0.1, 0.15) is 5.82 Å². The molecule has 1 heterocycles. The van der Waals surface area contributed by atoms with Crippen molar-refractivity contribution >= 4 is 11.6 Å². The second-order valence-electron chi connectivity index (χ2n) is 3.99. The molecule has 1 aliphatic carbocycles. The van der Waals surface area contributed by atoms with Crippen molar-refractivity contribution in [1.82, 2.24) is 4.98 Å². The van der Waals surface area contributed by atoms with Crippen LogP contribution in [0.4, 0.5) is 4.39 Å². The van der Waals surface area contributed by atoms with E-state index in [4.69, 9.17) is 16.7 Å². The van der Waals surface area contributed by atoms with Gasteiger partial charge in [-0.1, -0.05) is 0 Å². The third-order valence-corrected chi connectivity index (χ3v) is 3.43. The van der Waals surface area contributed by atoms with Gasteiger partial charge in [0, 0.05) is 24.3 Å². The van der Waals surface area contributed by atoms with Crippen molar-refractivity contribution in [1.29, 1.82) is 0 Å². The molecule has 1 aromatic heterocycles. The molecule has 1 aromatic rings. The zero-order valence-electron chi connectivity index (χ0n) is 8.56. The van der Waals surface area contributed by atoms with Crippen molar-refractivity contribution in [3.63, 3.8) is 0 Å². The van der Waals surface area contributed by atoms with Crippen molar-refractivity contribution in [2.75, 3.05) is 6.61 Å². The Labute approximate surface area is 93.1 Å². The first-order valence-electron chi connectivity index (χ1n) is 5.03. The van der Waals surface area contributed by atoms with E-state index in [2.05, 4.69) is 4.98 Å². The maximum absolute atomic E-state index is 13.6. The molecule has 1 aliphatic rings. The van der Waals surface area contributed by atoms with Gasteiger partial charge in [-0.15, -0.1) is 11.6 Å². The number of rotatable bonds is 3. The van der Waals surface area contributed by atoms with Crippen molar-refractivity contribution < 1.29 is 9.50 Å². The summed E-state index contributed by atoms with van der Waals surface area (Å²) in [7, 11) is 0. The molecule has 0 spiro atoms. The molecule has 2 rings (SSSR count). The number of aliphatic hydroxyl groups excluding tert-OH is 1. The van der Waals surface area contributed by atoms with E-state index in [1.54, 1.807) is 0 Å². The Bertz CT molecular complexity index is 390. The fraction of sp³-hybridized carbons (Fsp3) is 0.545. The maximum atomic E-state index is 13.6.